The van der Waals surface area contributed by atoms with Crippen LogP contribution in [-0.2, 0) is 19.5 Å². The van der Waals surface area contributed by atoms with Crippen molar-refractivity contribution in [1.29, 1.82) is 0 Å². The fraction of sp³-hybridized carbons (Fsp3) is 0.188. The van der Waals surface area contributed by atoms with Gasteiger partial charge in [0.2, 0.25) is 6.29 Å². The Morgan fingerprint density at radius 2 is 1.52 bits per heavy atom. The summed E-state index contributed by atoms with van der Waals surface area (Å²) in [4.78, 5) is 10.8. The van der Waals surface area contributed by atoms with Crippen molar-refractivity contribution in [2.75, 3.05) is 7.11 Å². The van der Waals surface area contributed by atoms with Gasteiger partial charge in [0.25, 0.3) is 0 Å². The van der Waals surface area contributed by atoms with Crippen molar-refractivity contribution in [2.24, 2.45) is 0 Å². The van der Waals surface area contributed by atoms with Gasteiger partial charge in [-0.1, -0.05) is 0 Å². The number of carboxylic acids is 1. The minimum Gasteiger partial charge on any atom is -0.507 e. The molecule has 0 saturated carbocycles. The first-order valence-corrected chi connectivity index (χ1v) is 6.53. The first-order chi connectivity index (χ1) is 10.5. The zero-order chi connectivity index (χ0) is 16.1. The Balaban J connectivity index is 0.00000264. The quantitative estimate of drug-likeness (QED) is 0.601. The number of phenols is 1. The van der Waals surface area contributed by atoms with Crippen molar-refractivity contribution < 1.29 is 48.7 Å². The number of carbonyl (C=O) groups is 1. The molecule has 0 aliphatic heterocycles. The SMILES string of the molecule is COc1ccc(OC(C)Oc2ccc(C(=O)O)c(O)c2)cc1.[Zn]. The third kappa shape index (κ3) is 5.14. The molecule has 0 fully saturated rings. The van der Waals surface area contributed by atoms with Crippen LogP contribution >= 0.6 is 0 Å². The summed E-state index contributed by atoms with van der Waals surface area (Å²) in [6.07, 6.45) is -0.622. The van der Waals surface area contributed by atoms with E-state index < -0.39 is 12.3 Å². The Hall–Kier alpha value is -2.27. The molecular weight excluding hydrogens is 354 g/mol. The molecule has 0 aliphatic carbocycles. The van der Waals surface area contributed by atoms with Crippen LogP contribution in [0.5, 0.6) is 23.0 Å². The maximum absolute atomic E-state index is 10.8. The Kier molecular flexibility index (Phi) is 6.85. The van der Waals surface area contributed by atoms with Crippen molar-refractivity contribution >= 4 is 5.97 Å². The Labute approximate surface area is 146 Å². The maximum Gasteiger partial charge on any atom is 0.339 e. The van der Waals surface area contributed by atoms with E-state index in [0.29, 0.717) is 11.5 Å². The van der Waals surface area contributed by atoms with Gasteiger partial charge < -0.3 is 24.4 Å². The molecule has 0 bridgehead atoms. The molecule has 0 aliphatic rings. The normalized spacial score (nSPS) is 11.0. The Morgan fingerprint density at radius 1 is 1.00 bits per heavy atom. The van der Waals surface area contributed by atoms with Crippen LogP contribution in [0, 0.1) is 0 Å². The van der Waals surface area contributed by atoms with Crippen molar-refractivity contribution in [1.82, 2.24) is 0 Å². The van der Waals surface area contributed by atoms with Crippen molar-refractivity contribution in [3.8, 4) is 23.0 Å². The monoisotopic (exact) mass is 368 g/mol. The minimum atomic E-state index is -1.20. The molecule has 2 N–H and O–H groups in total. The Morgan fingerprint density at radius 3 is 2.04 bits per heavy atom. The van der Waals surface area contributed by atoms with Crippen molar-refractivity contribution in [3.63, 3.8) is 0 Å². The fourth-order valence-corrected chi connectivity index (χ4v) is 1.83. The molecule has 23 heavy (non-hydrogen) atoms. The standard InChI is InChI=1S/C16H16O6.Zn/c1-10(21-12-5-3-11(20-2)4-6-12)22-13-7-8-14(16(18)19)15(17)9-13;/h3-10,17H,1-2H3,(H,18,19);. The van der Waals surface area contributed by atoms with Gasteiger partial charge in [-0.05, 0) is 36.4 Å². The van der Waals surface area contributed by atoms with Gasteiger partial charge in [-0.3, -0.25) is 0 Å². The van der Waals surface area contributed by atoms with Gasteiger partial charge >= 0.3 is 5.97 Å². The molecule has 118 valence electrons. The fourth-order valence-electron chi connectivity index (χ4n) is 1.83. The second kappa shape index (κ2) is 8.39. The largest absolute Gasteiger partial charge is 0.507 e. The van der Waals surface area contributed by atoms with E-state index in [4.69, 9.17) is 19.3 Å². The minimum absolute atomic E-state index is 0. The number of aromatic hydroxyl groups is 1. The van der Waals surface area contributed by atoms with Crippen LogP contribution in [0.3, 0.4) is 0 Å². The van der Waals surface area contributed by atoms with Gasteiger partial charge in [0.15, 0.2) is 0 Å². The van der Waals surface area contributed by atoms with E-state index in [2.05, 4.69) is 0 Å². The van der Waals surface area contributed by atoms with Crippen LogP contribution in [0.4, 0.5) is 0 Å². The van der Waals surface area contributed by atoms with E-state index >= 15 is 0 Å². The number of carboxylic acid groups (broad SMARTS) is 1. The average molecular weight is 370 g/mol. The summed E-state index contributed by atoms with van der Waals surface area (Å²) in [6, 6.07) is 11.0. The Bertz CT molecular complexity index is 656. The first-order valence-electron chi connectivity index (χ1n) is 6.53. The van der Waals surface area contributed by atoms with Gasteiger partial charge in [-0.15, -0.1) is 0 Å². The zero-order valence-electron chi connectivity index (χ0n) is 12.9. The molecule has 7 heteroatoms. The van der Waals surface area contributed by atoms with Gasteiger partial charge in [-0.25, -0.2) is 4.79 Å². The number of hydrogen-bond acceptors (Lipinski definition) is 5. The molecule has 0 aromatic heterocycles. The predicted octanol–water partition coefficient (Wildman–Crippen LogP) is 2.90. The number of ether oxygens (including phenoxy) is 3. The summed E-state index contributed by atoms with van der Waals surface area (Å²) < 4.78 is 16.1. The molecule has 2 aromatic carbocycles. The van der Waals surface area contributed by atoms with E-state index in [9.17, 15) is 9.90 Å². The third-order valence-electron chi connectivity index (χ3n) is 2.86. The van der Waals surface area contributed by atoms with Gasteiger partial charge in [0.05, 0.1) is 7.11 Å². The van der Waals surface area contributed by atoms with Crippen LogP contribution in [0.25, 0.3) is 0 Å². The molecule has 1 unspecified atom stereocenters. The van der Waals surface area contributed by atoms with E-state index in [-0.39, 0.29) is 30.8 Å². The summed E-state index contributed by atoms with van der Waals surface area (Å²) in [5.41, 5.74) is -0.184. The second-order valence-corrected chi connectivity index (χ2v) is 4.46. The number of methoxy groups -OCH3 is 1. The summed E-state index contributed by atoms with van der Waals surface area (Å²) in [5.74, 6) is 0.0616. The van der Waals surface area contributed by atoms with Crippen LogP contribution in [-0.4, -0.2) is 29.6 Å². The molecule has 0 radical (unpaired) electrons. The van der Waals surface area contributed by atoms with Crippen LogP contribution in [0.1, 0.15) is 17.3 Å². The van der Waals surface area contributed by atoms with Crippen molar-refractivity contribution in [2.45, 2.75) is 13.2 Å². The summed E-state index contributed by atoms with van der Waals surface area (Å²) in [7, 11) is 1.58. The molecule has 2 rings (SSSR count). The molecule has 6 nitrogen and oxygen atoms in total. The van der Waals surface area contributed by atoms with Crippen LogP contribution in [0.15, 0.2) is 42.5 Å². The second-order valence-electron chi connectivity index (χ2n) is 4.46. The number of rotatable bonds is 6. The third-order valence-corrected chi connectivity index (χ3v) is 2.86. The molecule has 0 heterocycles. The molecule has 0 saturated heterocycles. The smallest absolute Gasteiger partial charge is 0.339 e. The first kappa shape index (κ1) is 18.8. The van der Waals surface area contributed by atoms with Crippen LogP contribution < -0.4 is 14.2 Å². The number of hydrogen-bond donors (Lipinski definition) is 2. The molecule has 0 amide bonds. The van der Waals surface area contributed by atoms with E-state index in [1.54, 1.807) is 38.3 Å². The number of aromatic carboxylic acids is 1. The maximum atomic E-state index is 10.8. The van der Waals surface area contributed by atoms with Gasteiger partial charge in [0, 0.05) is 32.5 Å². The van der Waals surface area contributed by atoms with Gasteiger partial charge in [0.1, 0.15) is 28.6 Å². The average Bonchev–Trinajstić information content (AvgIpc) is 2.47. The van der Waals surface area contributed by atoms with E-state index in [1.807, 2.05) is 0 Å². The summed E-state index contributed by atoms with van der Waals surface area (Å²) in [6.45, 7) is 1.69. The van der Waals surface area contributed by atoms with E-state index in [1.165, 1.54) is 18.2 Å². The van der Waals surface area contributed by atoms with Crippen LogP contribution in [0.2, 0.25) is 0 Å². The topological polar surface area (TPSA) is 85.2 Å². The van der Waals surface area contributed by atoms with Crippen molar-refractivity contribution in [3.05, 3.63) is 48.0 Å². The van der Waals surface area contributed by atoms with E-state index in [0.717, 1.165) is 5.75 Å². The molecular formula is C16H16O6Zn. The van der Waals surface area contributed by atoms with Gasteiger partial charge in [-0.2, -0.15) is 0 Å². The molecule has 1 atom stereocenters. The number of benzene rings is 2. The summed E-state index contributed by atoms with van der Waals surface area (Å²) in [5, 5.41) is 18.4. The predicted molar refractivity (Wildman–Crippen MR) is 78.8 cm³/mol. The molecule has 2 aromatic rings. The summed E-state index contributed by atoms with van der Waals surface area (Å²) >= 11 is 0. The molecule has 0 spiro atoms. The zero-order valence-corrected chi connectivity index (χ0v) is 15.8.